The fraction of sp³-hybridized carbons (Fsp3) is 0.286. The Morgan fingerprint density at radius 2 is 1.85 bits per heavy atom. The van der Waals surface area contributed by atoms with Crippen LogP contribution in [-0.2, 0) is 6.54 Å². The van der Waals surface area contributed by atoms with E-state index in [1.165, 1.54) is 10.8 Å². The number of ether oxygens (including phenoxy) is 2. The number of nitrogens with one attached hydrogen (secondary N) is 1. The van der Waals surface area contributed by atoms with Crippen LogP contribution in [0.15, 0.2) is 34.0 Å². The molecule has 1 N–H and O–H groups in total. The molecule has 0 spiro atoms. The average Bonchev–Trinajstić information content (AvgIpc) is 2.44. The van der Waals surface area contributed by atoms with E-state index in [1.54, 1.807) is 33.3 Å². The molecule has 0 aliphatic rings. The van der Waals surface area contributed by atoms with E-state index in [4.69, 9.17) is 9.47 Å². The molecule has 0 amide bonds. The fourth-order valence-electron chi connectivity index (χ4n) is 1.91. The maximum Gasteiger partial charge on any atom is 0.328 e. The van der Waals surface area contributed by atoms with Crippen molar-refractivity contribution in [3.05, 3.63) is 56.4 Å². The number of H-pyrrole nitrogens is 1. The molecule has 0 aliphatic carbocycles. The van der Waals surface area contributed by atoms with Gasteiger partial charge in [-0.05, 0) is 24.6 Å². The van der Waals surface area contributed by atoms with Crippen molar-refractivity contribution >= 4 is 0 Å². The first-order valence-corrected chi connectivity index (χ1v) is 6.06. The quantitative estimate of drug-likeness (QED) is 0.901. The van der Waals surface area contributed by atoms with Gasteiger partial charge >= 0.3 is 5.69 Å². The molecule has 20 heavy (non-hydrogen) atoms. The molecule has 2 rings (SSSR count). The lowest BCUT2D eigenvalue weighted by molar-refractivity contribution is 0.354. The van der Waals surface area contributed by atoms with Crippen molar-refractivity contribution in [1.82, 2.24) is 9.55 Å². The molecule has 2 aromatic rings. The molecule has 0 saturated heterocycles. The van der Waals surface area contributed by atoms with E-state index in [9.17, 15) is 9.59 Å². The highest BCUT2D eigenvalue weighted by molar-refractivity contribution is 5.42. The van der Waals surface area contributed by atoms with Crippen LogP contribution >= 0.6 is 0 Å². The van der Waals surface area contributed by atoms with Gasteiger partial charge in [0, 0.05) is 11.8 Å². The SMILES string of the molecule is COc1ccc(Cn2cc(C)c(=O)[nH]c2=O)cc1OC. The summed E-state index contributed by atoms with van der Waals surface area (Å²) >= 11 is 0. The number of hydrogen-bond acceptors (Lipinski definition) is 4. The van der Waals surface area contributed by atoms with Crippen LogP contribution < -0.4 is 20.7 Å². The maximum absolute atomic E-state index is 11.7. The minimum Gasteiger partial charge on any atom is -0.493 e. The summed E-state index contributed by atoms with van der Waals surface area (Å²) in [6.07, 6.45) is 1.54. The summed E-state index contributed by atoms with van der Waals surface area (Å²) in [5.74, 6) is 1.22. The third-order valence-corrected chi connectivity index (χ3v) is 2.99. The molecule has 6 heteroatoms. The lowest BCUT2D eigenvalue weighted by atomic mass is 10.2. The van der Waals surface area contributed by atoms with Gasteiger partial charge in [-0.1, -0.05) is 6.07 Å². The van der Waals surface area contributed by atoms with E-state index in [0.29, 0.717) is 23.6 Å². The largest absolute Gasteiger partial charge is 0.493 e. The fourth-order valence-corrected chi connectivity index (χ4v) is 1.91. The van der Waals surface area contributed by atoms with Crippen LogP contribution in [0, 0.1) is 6.92 Å². The first kappa shape index (κ1) is 13.9. The molecule has 0 radical (unpaired) electrons. The summed E-state index contributed by atoms with van der Waals surface area (Å²) in [4.78, 5) is 25.3. The van der Waals surface area contributed by atoms with E-state index in [2.05, 4.69) is 4.98 Å². The number of aromatic nitrogens is 2. The van der Waals surface area contributed by atoms with Crippen molar-refractivity contribution in [3.63, 3.8) is 0 Å². The van der Waals surface area contributed by atoms with Gasteiger partial charge in [0.05, 0.1) is 20.8 Å². The second-order valence-electron chi connectivity index (χ2n) is 4.39. The van der Waals surface area contributed by atoms with Gasteiger partial charge in [0.1, 0.15) is 0 Å². The van der Waals surface area contributed by atoms with Crippen LogP contribution in [-0.4, -0.2) is 23.8 Å². The predicted octanol–water partition coefficient (Wildman–Crippen LogP) is 0.911. The molecule has 6 nitrogen and oxygen atoms in total. The van der Waals surface area contributed by atoms with Crippen LogP contribution in [0.2, 0.25) is 0 Å². The highest BCUT2D eigenvalue weighted by Gasteiger charge is 2.06. The number of aromatic amines is 1. The van der Waals surface area contributed by atoms with E-state index in [1.807, 2.05) is 6.07 Å². The Balaban J connectivity index is 2.38. The van der Waals surface area contributed by atoms with E-state index in [0.717, 1.165) is 5.56 Å². The van der Waals surface area contributed by atoms with Crippen molar-refractivity contribution in [2.45, 2.75) is 13.5 Å². The Hall–Kier alpha value is -2.50. The zero-order valence-corrected chi connectivity index (χ0v) is 11.6. The van der Waals surface area contributed by atoms with Gasteiger partial charge in [0.2, 0.25) is 0 Å². The second-order valence-corrected chi connectivity index (χ2v) is 4.39. The van der Waals surface area contributed by atoms with Crippen molar-refractivity contribution in [3.8, 4) is 11.5 Å². The monoisotopic (exact) mass is 276 g/mol. The van der Waals surface area contributed by atoms with E-state index >= 15 is 0 Å². The van der Waals surface area contributed by atoms with Crippen LogP contribution in [0.1, 0.15) is 11.1 Å². The first-order chi connectivity index (χ1) is 9.55. The number of hydrogen-bond donors (Lipinski definition) is 1. The molecule has 1 aromatic heterocycles. The summed E-state index contributed by atoms with van der Waals surface area (Å²) in [6.45, 7) is 2.00. The van der Waals surface area contributed by atoms with Crippen molar-refractivity contribution in [2.75, 3.05) is 14.2 Å². The van der Waals surface area contributed by atoms with Crippen LogP contribution in [0.3, 0.4) is 0 Å². The molecular formula is C14H16N2O4. The third-order valence-electron chi connectivity index (χ3n) is 2.99. The zero-order valence-electron chi connectivity index (χ0n) is 11.6. The predicted molar refractivity (Wildman–Crippen MR) is 74.7 cm³/mol. The van der Waals surface area contributed by atoms with E-state index in [-0.39, 0.29) is 5.56 Å². The van der Waals surface area contributed by atoms with Crippen LogP contribution in [0.25, 0.3) is 0 Å². The normalized spacial score (nSPS) is 10.3. The summed E-state index contributed by atoms with van der Waals surface area (Å²) in [5.41, 5.74) is 0.565. The summed E-state index contributed by atoms with van der Waals surface area (Å²) in [6, 6.07) is 5.41. The minimum atomic E-state index is -0.435. The lowest BCUT2D eigenvalue weighted by Crippen LogP contribution is -2.31. The Morgan fingerprint density at radius 3 is 2.50 bits per heavy atom. The van der Waals surface area contributed by atoms with Gasteiger partial charge < -0.3 is 9.47 Å². The summed E-state index contributed by atoms with van der Waals surface area (Å²) in [5, 5.41) is 0. The number of aryl methyl sites for hydroxylation is 1. The number of rotatable bonds is 4. The topological polar surface area (TPSA) is 73.3 Å². The number of benzene rings is 1. The summed E-state index contributed by atoms with van der Waals surface area (Å²) in [7, 11) is 3.12. The van der Waals surface area contributed by atoms with Gasteiger partial charge in [-0.2, -0.15) is 0 Å². The molecule has 0 fully saturated rings. The Labute approximate surface area is 115 Å². The zero-order chi connectivity index (χ0) is 14.7. The molecule has 106 valence electrons. The molecule has 0 aliphatic heterocycles. The van der Waals surface area contributed by atoms with Crippen molar-refractivity contribution in [1.29, 1.82) is 0 Å². The highest BCUT2D eigenvalue weighted by Crippen LogP contribution is 2.27. The minimum absolute atomic E-state index is 0.344. The number of methoxy groups -OCH3 is 2. The summed E-state index contributed by atoms with van der Waals surface area (Å²) < 4.78 is 11.8. The van der Waals surface area contributed by atoms with Gasteiger partial charge in [0.25, 0.3) is 5.56 Å². The highest BCUT2D eigenvalue weighted by atomic mass is 16.5. The average molecular weight is 276 g/mol. The van der Waals surface area contributed by atoms with Gasteiger partial charge in [-0.25, -0.2) is 4.79 Å². The molecule has 0 saturated carbocycles. The molecule has 0 bridgehead atoms. The van der Waals surface area contributed by atoms with Gasteiger partial charge in [-0.15, -0.1) is 0 Å². The van der Waals surface area contributed by atoms with Crippen molar-refractivity contribution < 1.29 is 9.47 Å². The Morgan fingerprint density at radius 1 is 1.15 bits per heavy atom. The lowest BCUT2D eigenvalue weighted by Gasteiger charge is -2.10. The van der Waals surface area contributed by atoms with Crippen LogP contribution in [0.5, 0.6) is 11.5 Å². The molecule has 1 heterocycles. The molecular weight excluding hydrogens is 260 g/mol. The van der Waals surface area contributed by atoms with Gasteiger partial charge in [0.15, 0.2) is 11.5 Å². The Kier molecular flexibility index (Phi) is 3.93. The van der Waals surface area contributed by atoms with Crippen LogP contribution in [0.4, 0.5) is 0 Å². The smallest absolute Gasteiger partial charge is 0.328 e. The molecule has 0 atom stereocenters. The molecule has 0 unspecified atom stereocenters. The third kappa shape index (κ3) is 2.74. The van der Waals surface area contributed by atoms with Gasteiger partial charge in [-0.3, -0.25) is 14.3 Å². The number of nitrogens with zero attached hydrogens (tertiary/aromatic N) is 1. The first-order valence-electron chi connectivity index (χ1n) is 6.06. The Bertz CT molecular complexity index is 731. The standard InChI is InChI=1S/C14H16N2O4/c1-9-7-16(14(18)15-13(9)17)8-10-4-5-11(19-2)12(6-10)20-3/h4-7H,8H2,1-3H3,(H,15,17,18). The second kappa shape index (κ2) is 5.64. The maximum atomic E-state index is 11.7. The molecule has 1 aromatic carbocycles. The van der Waals surface area contributed by atoms with E-state index < -0.39 is 5.69 Å². The van der Waals surface area contributed by atoms with Crippen molar-refractivity contribution in [2.24, 2.45) is 0 Å².